The molecule has 0 aromatic rings. The molecule has 0 bridgehead atoms. The first-order valence-corrected chi connectivity index (χ1v) is 6.49. The van der Waals surface area contributed by atoms with E-state index >= 15 is 0 Å². The van der Waals surface area contributed by atoms with E-state index in [1.807, 2.05) is 6.92 Å². The topological polar surface area (TPSA) is 60.4 Å². The first-order chi connectivity index (χ1) is 8.93. The lowest BCUT2D eigenvalue weighted by atomic mass is 9.55. The highest BCUT2D eigenvalue weighted by atomic mass is 16.5. The second-order valence-corrected chi connectivity index (χ2v) is 6.08. The summed E-state index contributed by atoms with van der Waals surface area (Å²) in [7, 11) is 0. The van der Waals surface area contributed by atoms with E-state index in [1.165, 1.54) is 0 Å². The van der Waals surface area contributed by atoms with Gasteiger partial charge in [-0.25, -0.2) is 0 Å². The number of carbonyl (C=O) groups excluding carboxylic acids is 3. The molecule has 1 saturated carbocycles. The van der Waals surface area contributed by atoms with Crippen molar-refractivity contribution in [2.24, 2.45) is 16.7 Å². The minimum absolute atomic E-state index is 0.0332. The van der Waals surface area contributed by atoms with Crippen LogP contribution in [0.3, 0.4) is 0 Å². The molecular formula is C15H16O4. The predicted molar refractivity (Wildman–Crippen MR) is 67.1 cm³/mol. The Balaban J connectivity index is 2.15. The summed E-state index contributed by atoms with van der Waals surface area (Å²) >= 11 is 0. The van der Waals surface area contributed by atoms with Crippen LogP contribution in [0.4, 0.5) is 0 Å². The quantitative estimate of drug-likeness (QED) is 0.430. The van der Waals surface area contributed by atoms with Gasteiger partial charge in [0.2, 0.25) is 0 Å². The van der Waals surface area contributed by atoms with Crippen LogP contribution in [0.5, 0.6) is 0 Å². The third-order valence-electron chi connectivity index (χ3n) is 4.76. The summed E-state index contributed by atoms with van der Waals surface area (Å²) in [5, 5.41) is 0. The Kier molecular flexibility index (Phi) is 2.37. The van der Waals surface area contributed by atoms with Crippen molar-refractivity contribution in [3.8, 4) is 0 Å². The molecule has 1 aliphatic heterocycles. The van der Waals surface area contributed by atoms with Gasteiger partial charge < -0.3 is 4.74 Å². The number of ether oxygens (including phenoxy) is 1. The highest BCUT2D eigenvalue weighted by molar-refractivity contribution is 6.06. The van der Waals surface area contributed by atoms with Crippen molar-refractivity contribution in [3.63, 3.8) is 0 Å². The van der Waals surface area contributed by atoms with Crippen molar-refractivity contribution in [3.05, 3.63) is 24.3 Å². The fraction of sp³-hybridized carbons (Fsp3) is 0.533. The number of hydrogen-bond acceptors (Lipinski definition) is 4. The third-order valence-corrected chi connectivity index (χ3v) is 4.76. The van der Waals surface area contributed by atoms with Crippen molar-refractivity contribution < 1.29 is 19.1 Å². The Labute approximate surface area is 111 Å². The summed E-state index contributed by atoms with van der Waals surface area (Å²) in [4.78, 5) is 36.0. The van der Waals surface area contributed by atoms with Crippen molar-refractivity contribution in [2.45, 2.75) is 26.2 Å². The minimum atomic E-state index is -0.734. The highest BCUT2D eigenvalue weighted by Crippen LogP contribution is 2.60. The zero-order valence-electron chi connectivity index (χ0n) is 10.9. The molecule has 3 rings (SSSR count). The number of hydrogen-bond donors (Lipinski definition) is 0. The summed E-state index contributed by atoms with van der Waals surface area (Å²) in [5.74, 6) is -1.24. The van der Waals surface area contributed by atoms with Crippen molar-refractivity contribution >= 4 is 17.5 Å². The monoisotopic (exact) mass is 260 g/mol. The standard InChI is InChI=1S/C15H16O4/c1-3-4-15-6-9(16)5-11(15)14(2)8-19-13(18)12(14)10(17)7-15/h3,5,12H,1,4,6-8H2,2H3/t12-,14-,15+/m0/s1. The molecule has 0 radical (unpaired) electrons. The number of esters is 1. The van der Waals surface area contributed by atoms with E-state index in [1.54, 1.807) is 12.2 Å². The fourth-order valence-electron chi connectivity index (χ4n) is 4.06. The Hall–Kier alpha value is -1.71. The Bertz CT molecular complexity index is 544. The molecule has 3 atom stereocenters. The molecule has 19 heavy (non-hydrogen) atoms. The van der Waals surface area contributed by atoms with Gasteiger partial charge >= 0.3 is 5.97 Å². The summed E-state index contributed by atoms with van der Waals surface area (Å²) in [6, 6.07) is 0. The summed E-state index contributed by atoms with van der Waals surface area (Å²) < 4.78 is 5.10. The molecule has 1 saturated heterocycles. The van der Waals surface area contributed by atoms with E-state index in [9.17, 15) is 14.4 Å². The molecule has 4 nitrogen and oxygen atoms in total. The highest BCUT2D eigenvalue weighted by Gasteiger charge is 2.63. The maximum absolute atomic E-state index is 12.3. The van der Waals surface area contributed by atoms with E-state index in [-0.39, 0.29) is 24.6 Å². The number of carbonyl (C=O) groups is 3. The van der Waals surface area contributed by atoms with Gasteiger partial charge in [-0.15, -0.1) is 6.58 Å². The molecule has 0 amide bonds. The molecule has 0 spiro atoms. The molecule has 2 aliphatic carbocycles. The number of Topliss-reactive ketones (excluding diaryl/α,β-unsaturated/α-hetero) is 1. The summed E-state index contributed by atoms with van der Waals surface area (Å²) in [6.07, 6.45) is 4.56. The first-order valence-electron chi connectivity index (χ1n) is 6.49. The van der Waals surface area contributed by atoms with Crippen LogP contribution in [0.15, 0.2) is 24.3 Å². The van der Waals surface area contributed by atoms with E-state index in [0.29, 0.717) is 12.8 Å². The molecule has 100 valence electrons. The zero-order valence-corrected chi connectivity index (χ0v) is 10.9. The molecule has 0 N–H and O–H groups in total. The molecule has 0 aromatic carbocycles. The van der Waals surface area contributed by atoms with Crippen LogP contribution >= 0.6 is 0 Å². The Morgan fingerprint density at radius 2 is 2.16 bits per heavy atom. The van der Waals surface area contributed by atoms with Crippen LogP contribution in [-0.2, 0) is 19.1 Å². The van der Waals surface area contributed by atoms with Gasteiger partial charge in [-0.1, -0.05) is 13.0 Å². The van der Waals surface area contributed by atoms with Crippen LogP contribution in [0, 0.1) is 16.7 Å². The van der Waals surface area contributed by atoms with Gasteiger partial charge in [-0.2, -0.15) is 0 Å². The predicted octanol–water partition coefficient (Wildman–Crippen LogP) is 1.60. The third kappa shape index (κ3) is 1.43. The van der Waals surface area contributed by atoms with Gasteiger partial charge in [0.1, 0.15) is 18.3 Å². The summed E-state index contributed by atoms with van der Waals surface area (Å²) in [5.41, 5.74) is -0.197. The number of rotatable bonds is 2. The average Bonchev–Trinajstić information content (AvgIpc) is 2.79. The maximum Gasteiger partial charge on any atom is 0.317 e. The normalized spacial score (nSPS) is 40.6. The molecule has 0 unspecified atom stereocenters. The SMILES string of the molecule is C=CC[C@]12CC(=O)C=C1[C@]1(C)COC(=O)[C@@H]1C(=O)C2. The van der Waals surface area contributed by atoms with E-state index in [2.05, 4.69) is 6.58 Å². The maximum atomic E-state index is 12.3. The lowest BCUT2D eigenvalue weighted by Gasteiger charge is -2.44. The first kappa shape index (κ1) is 12.3. The van der Waals surface area contributed by atoms with Crippen LogP contribution < -0.4 is 0 Å². The largest absolute Gasteiger partial charge is 0.464 e. The van der Waals surface area contributed by atoms with Gasteiger partial charge in [0.25, 0.3) is 0 Å². The Morgan fingerprint density at radius 1 is 1.42 bits per heavy atom. The van der Waals surface area contributed by atoms with Crippen LogP contribution in [-0.4, -0.2) is 24.1 Å². The second kappa shape index (κ2) is 3.65. The van der Waals surface area contributed by atoms with Gasteiger partial charge in [0.05, 0.1) is 0 Å². The molecule has 3 aliphatic rings. The minimum Gasteiger partial charge on any atom is -0.464 e. The zero-order chi connectivity index (χ0) is 13.8. The van der Waals surface area contributed by atoms with E-state index in [4.69, 9.17) is 4.74 Å². The average molecular weight is 260 g/mol. The number of allylic oxidation sites excluding steroid dienone is 2. The molecule has 4 heteroatoms. The van der Waals surface area contributed by atoms with Crippen LogP contribution in [0.25, 0.3) is 0 Å². The van der Waals surface area contributed by atoms with Gasteiger partial charge in [-0.3, -0.25) is 14.4 Å². The number of ketones is 2. The molecule has 1 heterocycles. The lowest BCUT2D eigenvalue weighted by Crippen LogP contribution is -2.47. The number of cyclic esters (lactones) is 1. The Morgan fingerprint density at radius 3 is 2.84 bits per heavy atom. The molecule has 0 aromatic heterocycles. The van der Waals surface area contributed by atoms with Gasteiger partial charge in [0, 0.05) is 23.7 Å². The second-order valence-electron chi connectivity index (χ2n) is 6.08. The fourth-order valence-corrected chi connectivity index (χ4v) is 4.06. The van der Waals surface area contributed by atoms with Crippen LogP contribution in [0.2, 0.25) is 0 Å². The van der Waals surface area contributed by atoms with Crippen molar-refractivity contribution in [2.75, 3.05) is 6.61 Å². The van der Waals surface area contributed by atoms with E-state index in [0.717, 1.165) is 5.57 Å². The molecular weight excluding hydrogens is 244 g/mol. The van der Waals surface area contributed by atoms with E-state index < -0.39 is 22.7 Å². The van der Waals surface area contributed by atoms with Gasteiger partial charge in [0.15, 0.2) is 5.78 Å². The van der Waals surface area contributed by atoms with Crippen LogP contribution in [0.1, 0.15) is 26.2 Å². The van der Waals surface area contributed by atoms with Crippen molar-refractivity contribution in [1.29, 1.82) is 0 Å². The van der Waals surface area contributed by atoms with Gasteiger partial charge in [-0.05, 0) is 18.1 Å². The lowest BCUT2D eigenvalue weighted by molar-refractivity contribution is -0.146. The smallest absolute Gasteiger partial charge is 0.317 e. The number of fused-ring (bicyclic) bond motifs is 3. The summed E-state index contributed by atoms with van der Waals surface area (Å²) in [6.45, 7) is 5.79. The molecule has 2 fully saturated rings. The van der Waals surface area contributed by atoms with Crippen molar-refractivity contribution in [1.82, 2.24) is 0 Å².